The number of nitro groups is 1. The van der Waals surface area contributed by atoms with Crippen LogP contribution in [0.5, 0.6) is 0 Å². The number of nitrogens with zero attached hydrogens (tertiary/aromatic N) is 1. The molecule has 8 heteroatoms. The van der Waals surface area contributed by atoms with Crippen LogP contribution in [0.25, 0.3) is 0 Å². The number of anilines is 3. The minimum absolute atomic E-state index is 0.0472. The standard InChI is InChI=1S/C12H10Br2N4O2/c13-7-1-2-11(14)12(3-7)16-8-4-9(17-15)6-10(5-8)18(19)20/h1-6,16-17H,15H2. The number of nitrogens with one attached hydrogen (secondary N) is 2. The van der Waals surface area contributed by atoms with Crippen LogP contribution in [-0.2, 0) is 0 Å². The molecule has 0 spiro atoms. The van der Waals surface area contributed by atoms with Gasteiger partial charge in [0, 0.05) is 26.8 Å². The second kappa shape index (κ2) is 6.21. The normalized spacial score (nSPS) is 10.2. The molecule has 0 fully saturated rings. The number of non-ortho nitro benzene ring substituents is 1. The highest BCUT2D eigenvalue weighted by Crippen LogP contribution is 2.31. The molecule has 0 heterocycles. The Morgan fingerprint density at radius 1 is 1.10 bits per heavy atom. The van der Waals surface area contributed by atoms with Crippen LogP contribution in [0.1, 0.15) is 0 Å². The van der Waals surface area contributed by atoms with Gasteiger partial charge in [0.25, 0.3) is 5.69 Å². The van der Waals surface area contributed by atoms with Crippen LogP contribution in [0.4, 0.5) is 22.7 Å². The minimum atomic E-state index is -0.470. The van der Waals surface area contributed by atoms with Crippen molar-refractivity contribution in [1.29, 1.82) is 0 Å². The second-order valence-corrected chi connectivity index (χ2v) is 5.69. The SMILES string of the molecule is NNc1cc(Nc2cc(Br)ccc2Br)cc([N+](=O)[O-])c1. The fourth-order valence-corrected chi connectivity index (χ4v) is 2.33. The first-order valence-corrected chi connectivity index (χ1v) is 7.06. The molecule has 6 nitrogen and oxygen atoms in total. The molecule has 0 aliphatic rings. The molecule has 0 amide bonds. The van der Waals surface area contributed by atoms with Crippen molar-refractivity contribution in [2.45, 2.75) is 0 Å². The van der Waals surface area contributed by atoms with E-state index in [4.69, 9.17) is 5.84 Å². The van der Waals surface area contributed by atoms with Crippen molar-refractivity contribution in [3.63, 3.8) is 0 Å². The van der Waals surface area contributed by atoms with Gasteiger partial charge in [-0.25, -0.2) is 0 Å². The summed E-state index contributed by atoms with van der Waals surface area (Å²) in [6.07, 6.45) is 0. The monoisotopic (exact) mass is 400 g/mol. The van der Waals surface area contributed by atoms with Gasteiger partial charge in [-0.15, -0.1) is 0 Å². The number of nitro benzene ring substituents is 1. The summed E-state index contributed by atoms with van der Waals surface area (Å²) < 4.78 is 1.74. The van der Waals surface area contributed by atoms with Crippen molar-refractivity contribution in [2.24, 2.45) is 5.84 Å². The van der Waals surface area contributed by atoms with E-state index in [0.717, 1.165) is 14.6 Å². The van der Waals surface area contributed by atoms with Crippen LogP contribution in [0.2, 0.25) is 0 Å². The Hall–Kier alpha value is -1.64. The van der Waals surface area contributed by atoms with Gasteiger partial charge in [-0.3, -0.25) is 16.0 Å². The lowest BCUT2D eigenvalue weighted by Gasteiger charge is -2.10. The van der Waals surface area contributed by atoms with Crippen molar-refractivity contribution in [1.82, 2.24) is 0 Å². The Kier molecular flexibility index (Phi) is 4.58. The van der Waals surface area contributed by atoms with Gasteiger partial charge in [0.2, 0.25) is 0 Å². The van der Waals surface area contributed by atoms with Crippen molar-refractivity contribution in [2.75, 3.05) is 10.7 Å². The number of hydrogen-bond donors (Lipinski definition) is 3. The molecule has 0 aliphatic heterocycles. The van der Waals surface area contributed by atoms with Gasteiger partial charge in [-0.1, -0.05) is 15.9 Å². The third kappa shape index (κ3) is 3.47. The lowest BCUT2D eigenvalue weighted by Crippen LogP contribution is -2.07. The molecule has 0 saturated carbocycles. The zero-order valence-electron chi connectivity index (χ0n) is 10.1. The highest BCUT2D eigenvalue weighted by molar-refractivity contribution is 9.11. The summed E-state index contributed by atoms with van der Waals surface area (Å²) in [6, 6.07) is 10.1. The molecule has 0 atom stereocenters. The second-order valence-electron chi connectivity index (χ2n) is 3.92. The molecule has 0 radical (unpaired) electrons. The predicted octanol–water partition coefficient (Wildman–Crippen LogP) is 4.15. The molecule has 0 aliphatic carbocycles. The van der Waals surface area contributed by atoms with Crippen LogP contribution in [-0.4, -0.2) is 4.92 Å². The smallest absolute Gasteiger partial charge is 0.273 e. The van der Waals surface area contributed by atoms with Crippen molar-refractivity contribution in [3.8, 4) is 0 Å². The first kappa shape index (κ1) is 14.8. The van der Waals surface area contributed by atoms with E-state index >= 15 is 0 Å². The average molecular weight is 402 g/mol. The highest BCUT2D eigenvalue weighted by atomic mass is 79.9. The van der Waals surface area contributed by atoms with E-state index in [2.05, 4.69) is 42.6 Å². The largest absolute Gasteiger partial charge is 0.354 e. The van der Waals surface area contributed by atoms with E-state index in [-0.39, 0.29) is 5.69 Å². The molecule has 104 valence electrons. The van der Waals surface area contributed by atoms with Gasteiger partial charge < -0.3 is 10.7 Å². The van der Waals surface area contributed by atoms with E-state index in [0.29, 0.717) is 11.4 Å². The summed E-state index contributed by atoms with van der Waals surface area (Å²) in [7, 11) is 0. The molecule has 4 N–H and O–H groups in total. The molecule has 2 rings (SSSR count). The van der Waals surface area contributed by atoms with Crippen LogP contribution in [0.3, 0.4) is 0 Å². The number of benzene rings is 2. The topological polar surface area (TPSA) is 93.2 Å². The first-order chi connectivity index (χ1) is 9.49. The maximum atomic E-state index is 10.9. The summed E-state index contributed by atoms with van der Waals surface area (Å²) in [6.45, 7) is 0. The number of nitrogen functional groups attached to an aromatic ring is 1. The third-order valence-electron chi connectivity index (χ3n) is 2.50. The minimum Gasteiger partial charge on any atom is -0.354 e. The summed E-state index contributed by atoms with van der Waals surface area (Å²) in [5.41, 5.74) is 4.15. The van der Waals surface area contributed by atoms with Crippen molar-refractivity contribution in [3.05, 3.63) is 55.5 Å². The fraction of sp³-hybridized carbons (Fsp3) is 0. The summed E-state index contributed by atoms with van der Waals surface area (Å²) in [4.78, 5) is 10.4. The molecule has 0 saturated heterocycles. The summed E-state index contributed by atoms with van der Waals surface area (Å²) >= 11 is 6.79. The maximum Gasteiger partial charge on any atom is 0.273 e. The van der Waals surface area contributed by atoms with Crippen LogP contribution >= 0.6 is 31.9 Å². The number of hydrazine groups is 1. The van der Waals surface area contributed by atoms with Gasteiger partial charge in [0.15, 0.2) is 0 Å². The number of nitrogens with two attached hydrogens (primary N) is 1. The Balaban J connectivity index is 2.39. The summed E-state index contributed by atoms with van der Waals surface area (Å²) in [5.74, 6) is 5.32. The number of rotatable bonds is 4. The lowest BCUT2D eigenvalue weighted by atomic mass is 10.2. The molecule has 0 bridgehead atoms. The lowest BCUT2D eigenvalue weighted by molar-refractivity contribution is -0.384. The van der Waals surface area contributed by atoms with E-state index in [9.17, 15) is 10.1 Å². The zero-order valence-corrected chi connectivity index (χ0v) is 13.2. The van der Waals surface area contributed by atoms with Crippen LogP contribution < -0.4 is 16.6 Å². The third-order valence-corrected chi connectivity index (χ3v) is 3.69. The van der Waals surface area contributed by atoms with Gasteiger partial charge in [0.1, 0.15) is 0 Å². The Labute approximate surface area is 131 Å². The van der Waals surface area contributed by atoms with Crippen molar-refractivity contribution >= 4 is 54.6 Å². The summed E-state index contributed by atoms with van der Waals surface area (Å²) in [5, 5.41) is 14.0. The molecule has 20 heavy (non-hydrogen) atoms. The van der Waals surface area contributed by atoms with E-state index < -0.39 is 4.92 Å². The van der Waals surface area contributed by atoms with Crippen LogP contribution in [0.15, 0.2) is 45.3 Å². The molecule has 2 aromatic carbocycles. The Morgan fingerprint density at radius 3 is 2.45 bits per heavy atom. The molecular weight excluding hydrogens is 392 g/mol. The van der Waals surface area contributed by atoms with Gasteiger partial charge >= 0.3 is 0 Å². The maximum absolute atomic E-state index is 10.9. The quantitative estimate of drug-likeness (QED) is 0.406. The number of hydrogen-bond acceptors (Lipinski definition) is 5. The van der Waals surface area contributed by atoms with Gasteiger partial charge in [-0.2, -0.15) is 0 Å². The fourth-order valence-electron chi connectivity index (χ4n) is 1.62. The highest BCUT2D eigenvalue weighted by Gasteiger charge is 2.10. The van der Waals surface area contributed by atoms with Gasteiger partial charge in [0.05, 0.1) is 16.3 Å². The Morgan fingerprint density at radius 2 is 1.80 bits per heavy atom. The molecular formula is C12H10Br2N4O2. The van der Waals surface area contributed by atoms with E-state index in [1.165, 1.54) is 12.1 Å². The predicted molar refractivity (Wildman–Crippen MR) is 86.0 cm³/mol. The van der Waals surface area contributed by atoms with Crippen molar-refractivity contribution < 1.29 is 4.92 Å². The van der Waals surface area contributed by atoms with E-state index in [1.54, 1.807) is 6.07 Å². The molecule has 2 aromatic rings. The molecule has 0 aromatic heterocycles. The van der Waals surface area contributed by atoms with E-state index in [1.807, 2.05) is 18.2 Å². The molecule has 0 unspecified atom stereocenters. The number of halogens is 2. The average Bonchev–Trinajstić information content (AvgIpc) is 2.42. The Bertz CT molecular complexity index is 664. The first-order valence-electron chi connectivity index (χ1n) is 5.48. The zero-order chi connectivity index (χ0) is 14.7. The van der Waals surface area contributed by atoms with Gasteiger partial charge in [-0.05, 0) is 40.2 Å². The van der Waals surface area contributed by atoms with Crippen LogP contribution in [0, 0.1) is 10.1 Å².